The van der Waals surface area contributed by atoms with Crippen molar-refractivity contribution in [3.05, 3.63) is 11.8 Å². The summed E-state index contributed by atoms with van der Waals surface area (Å²) in [4.78, 5) is 3.13. The molecule has 0 unspecified atom stereocenters. The Labute approximate surface area is 88.5 Å². The standard InChI is InChI=1S/C6H6ClF2N3O2S/c7-15(13,14)6-4(11)2(10)1-3(12-6)5(8)9/h1,5H,11H2,(H2,10,12). The molecule has 0 aliphatic heterocycles. The van der Waals surface area contributed by atoms with E-state index in [4.69, 9.17) is 22.1 Å². The van der Waals surface area contributed by atoms with E-state index >= 15 is 0 Å². The molecule has 5 nitrogen and oxygen atoms in total. The minimum atomic E-state index is -4.29. The number of halogens is 3. The number of anilines is 2. The Morgan fingerprint density at radius 3 is 2.33 bits per heavy atom. The molecule has 0 atom stereocenters. The Bertz CT molecular complexity index is 491. The second kappa shape index (κ2) is 3.78. The number of aromatic nitrogens is 1. The number of nitrogens with zero attached hydrogens (tertiary/aromatic N) is 1. The van der Waals surface area contributed by atoms with Gasteiger partial charge in [-0.3, -0.25) is 0 Å². The van der Waals surface area contributed by atoms with Gasteiger partial charge in [0.1, 0.15) is 5.69 Å². The maximum atomic E-state index is 12.3. The van der Waals surface area contributed by atoms with Gasteiger partial charge in [-0.15, -0.1) is 0 Å². The van der Waals surface area contributed by atoms with E-state index in [0.29, 0.717) is 0 Å². The van der Waals surface area contributed by atoms with Gasteiger partial charge in [0.05, 0.1) is 11.4 Å². The van der Waals surface area contributed by atoms with Crippen molar-refractivity contribution in [1.82, 2.24) is 4.98 Å². The summed E-state index contributed by atoms with van der Waals surface area (Å²) >= 11 is 0. The molecule has 15 heavy (non-hydrogen) atoms. The van der Waals surface area contributed by atoms with E-state index in [-0.39, 0.29) is 5.69 Å². The van der Waals surface area contributed by atoms with Crippen molar-refractivity contribution < 1.29 is 17.2 Å². The molecule has 84 valence electrons. The van der Waals surface area contributed by atoms with Crippen LogP contribution in [-0.2, 0) is 9.05 Å². The third-order valence-electron chi connectivity index (χ3n) is 1.53. The van der Waals surface area contributed by atoms with Gasteiger partial charge in [-0.05, 0) is 6.07 Å². The highest BCUT2D eigenvalue weighted by Gasteiger charge is 2.22. The van der Waals surface area contributed by atoms with Crippen LogP contribution in [0.5, 0.6) is 0 Å². The number of nitrogen functional groups attached to an aromatic ring is 2. The number of hydrogen-bond donors (Lipinski definition) is 2. The van der Waals surface area contributed by atoms with Crippen LogP contribution < -0.4 is 11.5 Å². The Morgan fingerprint density at radius 1 is 1.40 bits per heavy atom. The predicted molar refractivity (Wildman–Crippen MR) is 51.1 cm³/mol. The fourth-order valence-electron chi connectivity index (χ4n) is 0.868. The zero-order valence-electron chi connectivity index (χ0n) is 7.12. The second-order valence-electron chi connectivity index (χ2n) is 2.59. The maximum absolute atomic E-state index is 12.3. The zero-order valence-corrected chi connectivity index (χ0v) is 8.69. The lowest BCUT2D eigenvalue weighted by atomic mass is 10.3. The largest absolute Gasteiger partial charge is 0.397 e. The molecule has 0 radical (unpaired) electrons. The third kappa shape index (κ3) is 2.45. The number of alkyl halides is 2. The number of hydrogen-bond acceptors (Lipinski definition) is 5. The molecule has 1 aromatic rings. The quantitative estimate of drug-likeness (QED) is 0.773. The summed E-state index contributed by atoms with van der Waals surface area (Å²) in [5, 5.41) is -0.848. The molecule has 0 amide bonds. The van der Waals surface area contributed by atoms with Gasteiger partial charge in [-0.1, -0.05) is 0 Å². The number of pyridine rings is 1. The van der Waals surface area contributed by atoms with Crippen LogP contribution in [0.25, 0.3) is 0 Å². The first-order valence-corrected chi connectivity index (χ1v) is 5.83. The average molecular weight is 258 g/mol. The lowest BCUT2D eigenvalue weighted by Gasteiger charge is -2.07. The van der Waals surface area contributed by atoms with Gasteiger partial charge in [0, 0.05) is 10.7 Å². The van der Waals surface area contributed by atoms with Crippen LogP contribution in [0, 0.1) is 0 Å². The van der Waals surface area contributed by atoms with Crippen molar-refractivity contribution >= 4 is 31.1 Å². The Hall–Kier alpha value is -1.15. The first-order chi connectivity index (χ1) is 6.73. The molecule has 0 aromatic carbocycles. The first kappa shape index (κ1) is 11.9. The number of rotatable bonds is 2. The van der Waals surface area contributed by atoms with E-state index in [1.807, 2.05) is 0 Å². The van der Waals surface area contributed by atoms with E-state index in [9.17, 15) is 17.2 Å². The van der Waals surface area contributed by atoms with Gasteiger partial charge in [0.25, 0.3) is 15.5 Å². The normalized spacial score (nSPS) is 12.0. The topological polar surface area (TPSA) is 99.1 Å². The SMILES string of the molecule is Nc1cc(C(F)F)nc(S(=O)(=O)Cl)c1N. The summed E-state index contributed by atoms with van der Waals surface area (Å²) in [6.07, 6.45) is -2.95. The van der Waals surface area contributed by atoms with Crippen molar-refractivity contribution in [3.63, 3.8) is 0 Å². The lowest BCUT2D eigenvalue weighted by Crippen LogP contribution is -2.08. The molecule has 9 heteroatoms. The van der Waals surface area contributed by atoms with E-state index in [1.54, 1.807) is 0 Å². The van der Waals surface area contributed by atoms with Crippen LogP contribution in [0.4, 0.5) is 20.2 Å². The van der Waals surface area contributed by atoms with E-state index in [2.05, 4.69) is 4.98 Å². The number of nitrogens with two attached hydrogens (primary N) is 2. The third-order valence-corrected chi connectivity index (χ3v) is 2.74. The summed E-state index contributed by atoms with van der Waals surface area (Å²) in [5.41, 5.74) is 8.94. The van der Waals surface area contributed by atoms with Crippen molar-refractivity contribution in [2.24, 2.45) is 0 Å². The van der Waals surface area contributed by atoms with Gasteiger partial charge in [-0.25, -0.2) is 22.2 Å². The van der Waals surface area contributed by atoms with Gasteiger partial charge in [0.2, 0.25) is 0 Å². The molecule has 0 spiro atoms. The van der Waals surface area contributed by atoms with Crippen LogP contribution in [0.2, 0.25) is 0 Å². The highest BCUT2D eigenvalue weighted by Crippen LogP contribution is 2.29. The second-order valence-corrected chi connectivity index (χ2v) is 5.07. The zero-order chi connectivity index (χ0) is 11.8. The summed E-state index contributed by atoms with van der Waals surface area (Å²) in [7, 11) is 0.652. The first-order valence-electron chi connectivity index (χ1n) is 3.52. The molecular formula is C6H6ClF2N3O2S. The highest BCUT2D eigenvalue weighted by molar-refractivity contribution is 8.13. The molecule has 0 saturated carbocycles. The summed E-state index contributed by atoms with van der Waals surface area (Å²) in [6.45, 7) is 0. The fraction of sp³-hybridized carbons (Fsp3) is 0.167. The smallest absolute Gasteiger partial charge is 0.280 e. The molecule has 1 rings (SSSR count). The summed E-state index contributed by atoms with van der Waals surface area (Å²) < 4.78 is 46.3. The van der Waals surface area contributed by atoms with Crippen LogP contribution in [0.15, 0.2) is 11.1 Å². The van der Waals surface area contributed by atoms with E-state index < -0.39 is 31.9 Å². The van der Waals surface area contributed by atoms with Crippen molar-refractivity contribution in [2.75, 3.05) is 11.5 Å². The monoisotopic (exact) mass is 257 g/mol. The summed E-state index contributed by atoms with van der Waals surface area (Å²) in [5.74, 6) is 0. The van der Waals surface area contributed by atoms with Gasteiger partial charge in [0.15, 0.2) is 5.03 Å². The fourth-order valence-corrected chi connectivity index (χ4v) is 1.82. The van der Waals surface area contributed by atoms with Crippen LogP contribution >= 0.6 is 10.7 Å². The van der Waals surface area contributed by atoms with Gasteiger partial charge in [-0.2, -0.15) is 0 Å². The Balaban J connectivity index is 3.52. The maximum Gasteiger partial charge on any atom is 0.280 e. The predicted octanol–water partition coefficient (Wildman–Crippen LogP) is 1.11. The molecule has 0 fully saturated rings. The molecule has 0 bridgehead atoms. The minimum Gasteiger partial charge on any atom is -0.397 e. The summed E-state index contributed by atoms with van der Waals surface area (Å²) in [6, 6.07) is 0.797. The molecule has 0 aliphatic rings. The van der Waals surface area contributed by atoms with Gasteiger partial charge < -0.3 is 11.5 Å². The average Bonchev–Trinajstić information content (AvgIpc) is 2.06. The van der Waals surface area contributed by atoms with E-state index in [0.717, 1.165) is 6.07 Å². The Kier molecular flexibility index (Phi) is 3.00. The molecule has 0 aliphatic carbocycles. The van der Waals surface area contributed by atoms with Crippen molar-refractivity contribution in [3.8, 4) is 0 Å². The molecule has 1 heterocycles. The van der Waals surface area contributed by atoms with Crippen molar-refractivity contribution in [1.29, 1.82) is 0 Å². The van der Waals surface area contributed by atoms with Crippen LogP contribution in [-0.4, -0.2) is 13.4 Å². The van der Waals surface area contributed by atoms with E-state index in [1.165, 1.54) is 0 Å². The molecule has 1 aromatic heterocycles. The minimum absolute atomic E-state index is 0.306. The highest BCUT2D eigenvalue weighted by atomic mass is 35.7. The molecule has 0 saturated heterocycles. The molecule has 4 N–H and O–H groups in total. The van der Waals surface area contributed by atoms with Crippen LogP contribution in [0.1, 0.15) is 12.1 Å². The van der Waals surface area contributed by atoms with Crippen LogP contribution in [0.3, 0.4) is 0 Å². The van der Waals surface area contributed by atoms with Gasteiger partial charge >= 0.3 is 0 Å². The lowest BCUT2D eigenvalue weighted by molar-refractivity contribution is 0.145. The van der Waals surface area contributed by atoms with Crippen molar-refractivity contribution in [2.45, 2.75) is 11.5 Å². The Morgan fingerprint density at radius 2 is 1.93 bits per heavy atom. The molecular weight excluding hydrogens is 252 g/mol.